The summed E-state index contributed by atoms with van der Waals surface area (Å²) in [6.07, 6.45) is 2.98. The first kappa shape index (κ1) is 19.0. The van der Waals surface area contributed by atoms with Gasteiger partial charge in [-0.2, -0.15) is 5.06 Å². The molecule has 3 aromatic rings. The number of aryl methyl sites for hydroxylation is 1. The van der Waals surface area contributed by atoms with E-state index in [9.17, 15) is 0 Å². The summed E-state index contributed by atoms with van der Waals surface area (Å²) in [5, 5.41) is 3.37. The molecule has 0 spiro atoms. The molecule has 4 rings (SSSR count). The van der Waals surface area contributed by atoms with Gasteiger partial charge in [0.25, 0.3) is 0 Å². The Kier molecular flexibility index (Phi) is 5.67. The zero-order valence-corrected chi connectivity index (χ0v) is 16.8. The highest BCUT2D eigenvalue weighted by atomic mass is 16.7. The highest BCUT2D eigenvalue weighted by Gasteiger charge is 2.21. The number of H-pyrrole nitrogens is 1. The number of benzene rings is 2. The third-order valence-electron chi connectivity index (χ3n) is 5.68. The van der Waals surface area contributed by atoms with Gasteiger partial charge in [-0.3, -0.25) is 4.84 Å². The monoisotopic (exact) mass is 378 g/mol. The summed E-state index contributed by atoms with van der Waals surface area (Å²) in [5.41, 5.74) is 12.0. The molecule has 5 nitrogen and oxygen atoms in total. The van der Waals surface area contributed by atoms with Crippen LogP contribution in [0.2, 0.25) is 0 Å². The Hall–Kier alpha value is -2.34. The van der Waals surface area contributed by atoms with Crippen LogP contribution in [0.1, 0.15) is 29.7 Å². The third-order valence-corrected chi connectivity index (χ3v) is 5.68. The van der Waals surface area contributed by atoms with Crippen LogP contribution in [0, 0.1) is 6.92 Å². The van der Waals surface area contributed by atoms with Crippen LogP contribution in [0.25, 0.3) is 10.9 Å². The number of hydroxylamine groups is 2. The Morgan fingerprint density at radius 1 is 1.11 bits per heavy atom. The van der Waals surface area contributed by atoms with Crippen LogP contribution in [-0.2, 0) is 11.3 Å². The first-order valence-electron chi connectivity index (χ1n) is 10.2. The summed E-state index contributed by atoms with van der Waals surface area (Å²) in [7, 11) is 0. The molecule has 28 heavy (non-hydrogen) atoms. The molecule has 0 radical (unpaired) electrons. The highest BCUT2D eigenvalue weighted by Crippen LogP contribution is 2.27. The Bertz CT molecular complexity index is 927. The van der Waals surface area contributed by atoms with Crippen molar-refractivity contribution in [3.8, 4) is 0 Å². The molecule has 1 fully saturated rings. The van der Waals surface area contributed by atoms with E-state index in [1.165, 1.54) is 27.8 Å². The van der Waals surface area contributed by atoms with Gasteiger partial charge in [0.2, 0.25) is 0 Å². The van der Waals surface area contributed by atoms with Crippen LogP contribution in [0.5, 0.6) is 0 Å². The van der Waals surface area contributed by atoms with Crippen LogP contribution in [-0.4, -0.2) is 42.8 Å². The van der Waals surface area contributed by atoms with E-state index in [1.807, 2.05) is 0 Å². The number of nitrogens with one attached hydrogen (secondary N) is 1. The standard InChI is InChI=1S/C23H30N4O/c1-17-5-3-4-6-23(17)26-11-13-27(14-12-26)28-18(2)19-7-8-22-21(15-19)20(9-10-24)16-25-22/h3-8,15-16,18,25H,9-14,24H2,1-2H3. The second kappa shape index (κ2) is 8.35. The quantitative estimate of drug-likeness (QED) is 0.685. The molecule has 148 valence electrons. The fourth-order valence-corrected chi connectivity index (χ4v) is 4.05. The summed E-state index contributed by atoms with van der Waals surface area (Å²) in [4.78, 5) is 12.1. The number of rotatable bonds is 6. The van der Waals surface area contributed by atoms with Crippen molar-refractivity contribution >= 4 is 16.6 Å². The van der Waals surface area contributed by atoms with Gasteiger partial charge in [0.05, 0.1) is 0 Å². The van der Waals surface area contributed by atoms with Gasteiger partial charge in [0.15, 0.2) is 0 Å². The lowest BCUT2D eigenvalue weighted by Crippen LogP contribution is -2.46. The minimum absolute atomic E-state index is 0.0232. The molecular weight excluding hydrogens is 348 g/mol. The summed E-state index contributed by atoms with van der Waals surface area (Å²) < 4.78 is 0. The summed E-state index contributed by atoms with van der Waals surface area (Å²) >= 11 is 0. The Morgan fingerprint density at radius 2 is 1.89 bits per heavy atom. The topological polar surface area (TPSA) is 57.5 Å². The Balaban J connectivity index is 1.39. The van der Waals surface area contributed by atoms with Crippen LogP contribution < -0.4 is 10.6 Å². The third kappa shape index (κ3) is 3.92. The molecule has 0 bridgehead atoms. The van der Waals surface area contributed by atoms with Gasteiger partial charge < -0.3 is 15.6 Å². The van der Waals surface area contributed by atoms with E-state index < -0.39 is 0 Å². The number of nitrogens with zero attached hydrogens (tertiary/aromatic N) is 2. The minimum atomic E-state index is 0.0232. The number of hydrogen-bond donors (Lipinski definition) is 2. The number of piperazine rings is 1. The normalized spacial score (nSPS) is 16.6. The van der Waals surface area contributed by atoms with Crippen molar-refractivity contribution in [2.24, 2.45) is 5.73 Å². The number of aromatic nitrogens is 1. The van der Waals surface area contributed by atoms with Crippen molar-refractivity contribution in [1.29, 1.82) is 0 Å². The molecule has 2 heterocycles. The number of para-hydroxylation sites is 1. The summed E-state index contributed by atoms with van der Waals surface area (Å²) in [6.45, 7) is 8.74. The van der Waals surface area contributed by atoms with E-state index in [1.54, 1.807) is 0 Å². The molecule has 0 saturated carbocycles. The van der Waals surface area contributed by atoms with Gasteiger partial charge >= 0.3 is 0 Å². The molecule has 1 saturated heterocycles. The zero-order valence-electron chi connectivity index (χ0n) is 16.8. The maximum atomic E-state index is 6.29. The van der Waals surface area contributed by atoms with Crippen molar-refractivity contribution in [2.45, 2.75) is 26.4 Å². The van der Waals surface area contributed by atoms with Crippen LogP contribution in [0.15, 0.2) is 48.7 Å². The maximum absolute atomic E-state index is 6.29. The largest absolute Gasteiger partial charge is 0.369 e. The number of nitrogens with two attached hydrogens (primary N) is 1. The summed E-state index contributed by atoms with van der Waals surface area (Å²) in [6, 6.07) is 15.1. The van der Waals surface area contributed by atoms with Gasteiger partial charge in [0.1, 0.15) is 6.10 Å². The van der Waals surface area contributed by atoms with Crippen molar-refractivity contribution in [2.75, 3.05) is 37.6 Å². The second-order valence-electron chi connectivity index (χ2n) is 7.61. The van der Waals surface area contributed by atoms with Crippen molar-refractivity contribution in [3.05, 3.63) is 65.4 Å². The van der Waals surface area contributed by atoms with E-state index in [4.69, 9.17) is 10.6 Å². The van der Waals surface area contributed by atoms with Gasteiger partial charge in [-0.05, 0) is 61.7 Å². The lowest BCUT2D eigenvalue weighted by atomic mass is 10.0. The molecule has 3 N–H and O–H groups in total. The first-order chi connectivity index (χ1) is 13.7. The molecule has 1 aliphatic rings. The van der Waals surface area contributed by atoms with Gasteiger partial charge in [0, 0.05) is 49.0 Å². The lowest BCUT2D eigenvalue weighted by molar-refractivity contribution is -0.197. The maximum Gasteiger partial charge on any atom is 0.101 e. The number of hydrogen-bond acceptors (Lipinski definition) is 4. The average Bonchev–Trinajstić information content (AvgIpc) is 3.12. The Labute approximate surface area is 167 Å². The van der Waals surface area contributed by atoms with E-state index in [2.05, 4.69) is 77.5 Å². The number of anilines is 1. The molecule has 1 atom stereocenters. The van der Waals surface area contributed by atoms with Crippen LogP contribution in [0.4, 0.5) is 5.69 Å². The molecule has 1 unspecified atom stereocenters. The van der Waals surface area contributed by atoms with Crippen molar-refractivity contribution in [1.82, 2.24) is 10.0 Å². The van der Waals surface area contributed by atoms with Crippen LogP contribution in [0.3, 0.4) is 0 Å². The van der Waals surface area contributed by atoms with Gasteiger partial charge in [-0.15, -0.1) is 0 Å². The zero-order chi connectivity index (χ0) is 19.5. The molecule has 0 aliphatic carbocycles. The number of aromatic amines is 1. The van der Waals surface area contributed by atoms with E-state index in [-0.39, 0.29) is 6.10 Å². The second-order valence-corrected chi connectivity index (χ2v) is 7.61. The van der Waals surface area contributed by atoms with E-state index in [0.717, 1.165) is 38.1 Å². The fourth-order valence-electron chi connectivity index (χ4n) is 4.05. The van der Waals surface area contributed by atoms with Crippen molar-refractivity contribution < 1.29 is 4.84 Å². The highest BCUT2D eigenvalue weighted by molar-refractivity contribution is 5.84. The summed E-state index contributed by atoms with van der Waals surface area (Å²) in [5.74, 6) is 0. The van der Waals surface area contributed by atoms with E-state index in [0.29, 0.717) is 6.54 Å². The van der Waals surface area contributed by atoms with Gasteiger partial charge in [-0.1, -0.05) is 24.3 Å². The SMILES string of the molecule is Cc1ccccc1N1CCN(OC(C)c2ccc3[nH]cc(CCN)c3c2)CC1. The van der Waals surface area contributed by atoms with Gasteiger partial charge in [-0.25, -0.2) is 0 Å². The smallest absolute Gasteiger partial charge is 0.101 e. The minimum Gasteiger partial charge on any atom is -0.369 e. The van der Waals surface area contributed by atoms with Crippen molar-refractivity contribution in [3.63, 3.8) is 0 Å². The molecule has 2 aromatic carbocycles. The molecule has 1 aliphatic heterocycles. The molecule has 5 heteroatoms. The molecular formula is C23H30N4O. The predicted molar refractivity (Wildman–Crippen MR) is 116 cm³/mol. The van der Waals surface area contributed by atoms with Crippen LogP contribution >= 0.6 is 0 Å². The Morgan fingerprint density at radius 3 is 2.64 bits per heavy atom. The lowest BCUT2D eigenvalue weighted by Gasteiger charge is -2.37. The average molecular weight is 379 g/mol. The van der Waals surface area contributed by atoms with E-state index >= 15 is 0 Å². The molecule has 0 amide bonds. The fraction of sp³-hybridized carbons (Fsp3) is 0.391. The molecule has 1 aromatic heterocycles. The first-order valence-corrected chi connectivity index (χ1v) is 10.2. The predicted octanol–water partition coefficient (Wildman–Crippen LogP) is 3.79. The number of fused-ring (bicyclic) bond motifs is 1.